The molecular weight excluding hydrogens is 276 g/mol. The molecule has 0 saturated heterocycles. The molecule has 1 aromatic carbocycles. The highest BCUT2D eigenvalue weighted by atomic mass is 35.5. The Hall–Kier alpha value is -1.53. The highest BCUT2D eigenvalue weighted by Gasteiger charge is 2.11. The standard InChI is InChI=1S/C11H9ClN2O3S/c1-6-2-7(4-8(12)3-6)10-13-14-11(17-10)18-5-9(15)16/h2-4H,5H2,1H3,(H,15,16). The Morgan fingerprint density at radius 2 is 2.22 bits per heavy atom. The second-order valence-electron chi connectivity index (χ2n) is 3.57. The smallest absolute Gasteiger partial charge is 0.314 e. The van der Waals surface area contributed by atoms with Gasteiger partial charge in [0.15, 0.2) is 0 Å². The van der Waals surface area contributed by atoms with Gasteiger partial charge in [-0.25, -0.2) is 0 Å². The van der Waals surface area contributed by atoms with Gasteiger partial charge in [-0.15, -0.1) is 10.2 Å². The molecule has 94 valence electrons. The third-order valence-corrected chi connectivity index (χ3v) is 3.04. The van der Waals surface area contributed by atoms with E-state index in [1.165, 1.54) is 0 Å². The van der Waals surface area contributed by atoms with Crippen LogP contribution in [-0.2, 0) is 4.79 Å². The van der Waals surface area contributed by atoms with E-state index in [1.807, 2.05) is 19.1 Å². The molecule has 18 heavy (non-hydrogen) atoms. The summed E-state index contributed by atoms with van der Waals surface area (Å²) in [6, 6.07) is 5.40. The fraction of sp³-hybridized carbons (Fsp3) is 0.182. The number of hydrogen-bond donors (Lipinski definition) is 1. The van der Waals surface area contributed by atoms with Gasteiger partial charge in [0.05, 0.1) is 0 Å². The van der Waals surface area contributed by atoms with Crippen LogP contribution in [0.4, 0.5) is 0 Å². The predicted molar refractivity (Wildman–Crippen MR) is 67.8 cm³/mol. The molecular formula is C11H9ClN2O3S. The van der Waals surface area contributed by atoms with Crippen molar-refractivity contribution in [3.63, 3.8) is 0 Å². The van der Waals surface area contributed by atoms with Crippen molar-refractivity contribution in [2.45, 2.75) is 12.1 Å². The van der Waals surface area contributed by atoms with Crippen LogP contribution in [0.1, 0.15) is 5.56 Å². The van der Waals surface area contributed by atoms with Gasteiger partial charge < -0.3 is 9.52 Å². The molecule has 1 aromatic heterocycles. The number of nitrogens with zero attached hydrogens (tertiary/aromatic N) is 2. The number of rotatable bonds is 4. The number of halogens is 1. The number of aryl methyl sites for hydroxylation is 1. The van der Waals surface area contributed by atoms with Crippen molar-refractivity contribution in [3.05, 3.63) is 28.8 Å². The lowest BCUT2D eigenvalue weighted by atomic mass is 10.1. The topological polar surface area (TPSA) is 76.2 Å². The first-order chi connectivity index (χ1) is 8.54. The van der Waals surface area contributed by atoms with Crippen molar-refractivity contribution in [3.8, 4) is 11.5 Å². The van der Waals surface area contributed by atoms with Gasteiger partial charge in [0.1, 0.15) is 5.75 Å². The molecule has 0 amide bonds. The number of aromatic nitrogens is 2. The molecule has 0 fully saturated rings. The number of hydrogen-bond acceptors (Lipinski definition) is 5. The van der Waals surface area contributed by atoms with Crippen LogP contribution in [0.15, 0.2) is 27.8 Å². The van der Waals surface area contributed by atoms with Crippen LogP contribution < -0.4 is 0 Å². The van der Waals surface area contributed by atoms with Gasteiger partial charge in [0.25, 0.3) is 5.22 Å². The minimum atomic E-state index is -0.932. The second kappa shape index (κ2) is 5.41. The zero-order valence-corrected chi connectivity index (χ0v) is 11.0. The zero-order valence-electron chi connectivity index (χ0n) is 9.38. The lowest BCUT2D eigenvalue weighted by Crippen LogP contribution is -1.97. The third kappa shape index (κ3) is 3.24. The highest BCUT2D eigenvalue weighted by molar-refractivity contribution is 7.99. The summed E-state index contributed by atoms with van der Waals surface area (Å²) in [5.41, 5.74) is 1.70. The number of carboxylic acids is 1. The van der Waals surface area contributed by atoms with Crippen molar-refractivity contribution >= 4 is 29.3 Å². The number of thioether (sulfide) groups is 1. The van der Waals surface area contributed by atoms with E-state index in [4.69, 9.17) is 21.1 Å². The van der Waals surface area contributed by atoms with Gasteiger partial charge in [-0.1, -0.05) is 23.4 Å². The van der Waals surface area contributed by atoms with Crippen molar-refractivity contribution in [2.24, 2.45) is 0 Å². The summed E-state index contributed by atoms with van der Waals surface area (Å²) in [4.78, 5) is 10.4. The summed E-state index contributed by atoms with van der Waals surface area (Å²) in [5.74, 6) is -0.720. The summed E-state index contributed by atoms with van der Waals surface area (Å²) in [6.45, 7) is 1.91. The fourth-order valence-electron chi connectivity index (χ4n) is 1.37. The SMILES string of the molecule is Cc1cc(Cl)cc(-c2nnc(SCC(=O)O)o2)c1. The van der Waals surface area contributed by atoms with E-state index < -0.39 is 5.97 Å². The van der Waals surface area contributed by atoms with E-state index >= 15 is 0 Å². The first-order valence-electron chi connectivity index (χ1n) is 5.00. The lowest BCUT2D eigenvalue weighted by Gasteiger charge is -1.98. The molecule has 0 aliphatic carbocycles. The van der Waals surface area contributed by atoms with Crippen LogP contribution in [-0.4, -0.2) is 27.0 Å². The molecule has 0 aliphatic rings. The van der Waals surface area contributed by atoms with Crippen LogP contribution in [0.3, 0.4) is 0 Å². The summed E-state index contributed by atoms with van der Waals surface area (Å²) >= 11 is 6.92. The summed E-state index contributed by atoms with van der Waals surface area (Å²) in [5, 5.41) is 17.0. The van der Waals surface area contributed by atoms with E-state index in [0.29, 0.717) is 10.9 Å². The van der Waals surface area contributed by atoms with Crippen LogP contribution in [0.25, 0.3) is 11.5 Å². The molecule has 0 atom stereocenters. The molecule has 1 heterocycles. The van der Waals surface area contributed by atoms with Gasteiger partial charge in [0, 0.05) is 10.6 Å². The van der Waals surface area contributed by atoms with Crippen LogP contribution in [0.5, 0.6) is 0 Å². The lowest BCUT2D eigenvalue weighted by molar-refractivity contribution is -0.133. The molecule has 0 saturated carbocycles. The van der Waals surface area contributed by atoms with Crippen LogP contribution in [0, 0.1) is 6.92 Å². The molecule has 0 bridgehead atoms. The van der Waals surface area contributed by atoms with Crippen LogP contribution in [0.2, 0.25) is 5.02 Å². The van der Waals surface area contributed by atoms with Crippen molar-refractivity contribution < 1.29 is 14.3 Å². The van der Waals surface area contributed by atoms with Gasteiger partial charge in [-0.05, 0) is 30.7 Å². The van der Waals surface area contributed by atoms with E-state index in [2.05, 4.69) is 10.2 Å². The third-order valence-electron chi connectivity index (χ3n) is 2.01. The largest absolute Gasteiger partial charge is 0.481 e. The van der Waals surface area contributed by atoms with Crippen molar-refractivity contribution in [1.29, 1.82) is 0 Å². The van der Waals surface area contributed by atoms with Gasteiger partial charge in [-0.2, -0.15) is 0 Å². The molecule has 0 unspecified atom stereocenters. The first-order valence-corrected chi connectivity index (χ1v) is 6.36. The quantitative estimate of drug-likeness (QED) is 0.870. The van der Waals surface area contributed by atoms with E-state index in [-0.39, 0.29) is 11.0 Å². The van der Waals surface area contributed by atoms with Gasteiger partial charge in [0.2, 0.25) is 5.89 Å². The van der Waals surface area contributed by atoms with Gasteiger partial charge >= 0.3 is 5.97 Å². The Morgan fingerprint density at radius 1 is 1.44 bits per heavy atom. The predicted octanol–water partition coefficient (Wildman–Crippen LogP) is 2.88. The van der Waals surface area contributed by atoms with E-state index in [1.54, 1.807) is 6.07 Å². The van der Waals surface area contributed by atoms with E-state index in [9.17, 15) is 4.79 Å². The Morgan fingerprint density at radius 3 is 2.89 bits per heavy atom. The minimum Gasteiger partial charge on any atom is -0.481 e. The number of carbonyl (C=O) groups is 1. The molecule has 2 rings (SSSR count). The maximum atomic E-state index is 10.4. The van der Waals surface area contributed by atoms with Crippen LogP contribution >= 0.6 is 23.4 Å². The molecule has 7 heteroatoms. The maximum absolute atomic E-state index is 10.4. The molecule has 0 aliphatic heterocycles. The molecule has 0 spiro atoms. The minimum absolute atomic E-state index is 0.115. The average Bonchev–Trinajstić information content (AvgIpc) is 2.73. The Bertz CT molecular complexity index is 565. The first kappa shape index (κ1) is 12.9. The average molecular weight is 285 g/mol. The number of carboxylic acid groups (broad SMARTS) is 1. The summed E-state index contributed by atoms with van der Waals surface area (Å²) in [6.07, 6.45) is 0. The fourth-order valence-corrected chi connectivity index (χ4v) is 2.14. The van der Waals surface area contributed by atoms with Crippen molar-refractivity contribution in [2.75, 3.05) is 5.75 Å². The Kier molecular flexibility index (Phi) is 3.88. The molecule has 2 aromatic rings. The normalized spacial score (nSPS) is 10.6. The van der Waals surface area contributed by atoms with Gasteiger partial charge in [-0.3, -0.25) is 4.79 Å². The number of benzene rings is 1. The molecule has 5 nitrogen and oxygen atoms in total. The van der Waals surface area contributed by atoms with Crippen molar-refractivity contribution in [1.82, 2.24) is 10.2 Å². The molecule has 0 radical (unpaired) electrons. The Balaban J connectivity index is 2.21. The highest BCUT2D eigenvalue weighted by Crippen LogP contribution is 2.26. The Labute approximate surface area is 112 Å². The monoisotopic (exact) mass is 284 g/mol. The summed E-state index contributed by atoms with van der Waals surface area (Å²) in [7, 11) is 0. The summed E-state index contributed by atoms with van der Waals surface area (Å²) < 4.78 is 5.35. The number of aliphatic carboxylic acids is 1. The maximum Gasteiger partial charge on any atom is 0.314 e. The zero-order chi connectivity index (χ0) is 13.1. The molecule has 1 N–H and O–H groups in total. The second-order valence-corrected chi connectivity index (χ2v) is 4.94. The van der Waals surface area contributed by atoms with E-state index in [0.717, 1.165) is 22.9 Å².